The van der Waals surface area contributed by atoms with E-state index in [0.717, 1.165) is 22.6 Å². The van der Waals surface area contributed by atoms with Gasteiger partial charge in [0, 0.05) is 11.6 Å². The standard InChI is InChI=1S/C26H21ClO5/c1-30-18-8-3-16(4-9-18)5-12-23(28)21-13-20-22(27)14-25(32-26(20)15-24(21)29)17-6-10-19(31-2)11-7-17/h3-15,25,29H,1-2H3/b12-5+. The van der Waals surface area contributed by atoms with Gasteiger partial charge in [0.1, 0.15) is 29.1 Å². The predicted molar refractivity (Wildman–Crippen MR) is 125 cm³/mol. The van der Waals surface area contributed by atoms with E-state index in [0.29, 0.717) is 16.3 Å². The predicted octanol–water partition coefficient (Wildman–Crippen LogP) is 6.02. The first-order valence-electron chi connectivity index (χ1n) is 9.90. The first-order valence-corrected chi connectivity index (χ1v) is 10.3. The van der Waals surface area contributed by atoms with Gasteiger partial charge in [-0.3, -0.25) is 4.79 Å². The molecule has 0 aromatic heterocycles. The van der Waals surface area contributed by atoms with Gasteiger partial charge in [-0.15, -0.1) is 0 Å². The second-order valence-electron chi connectivity index (χ2n) is 7.16. The average Bonchev–Trinajstić information content (AvgIpc) is 2.82. The molecule has 0 fully saturated rings. The van der Waals surface area contributed by atoms with Gasteiger partial charge in [0.15, 0.2) is 5.78 Å². The molecule has 0 radical (unpaired) electrons. The SMILES string of the molecule is COc1ccc(/C=C/C(=O)c2cc3c(cc2O)OC(c2ccc(OC)cc2)C=C3Cl)cc1. The van der Waals surface area contributed by atoms with Crippen molar-refractivity contribution in [3.05, 3.63) is 95.1 Å². The lowest BCUT2D eigenvalue weighted by Crippen LogP contribution is -2.11. The number of aromatic hydroxyl groups is 1. The van der Waals surface area contributed by atoms with Crippen LogP contribution < -0.4 is 14.2 Å². The number of carbonyl (C=O) groups is 1. The van der Waals surface area contributed by atoms with Gasteiger partial charge in [0.25, 0.3) is 0 Å². The van der Waals surface area contributed by atoms with Gasteiger partial charge in [-0.1, -0.05) is 41.9 Å². The van der Waals surface area contributed by atoms with Crippen molar-refractivity contribution >= 4 is 28.5 Å². The molecule has 0 aliphatic carbocycles. The fraction of sp³-hybridized carbons (Fsp3) is 0.115. The summed E-state index contributed by atoms with van der Waals surface area (Å²) in [6.45, 7) is 0. The van der Waals surface area contributed by atoms with Gasteiger partial charge in [0.05, 0.1) is 24.8 Å². The van der Waals surface area contributed by atoms with E-state index in [9.17, 15) is 9.90 Å². The summed E-state index contributed by atoms with van der Waals surface area (Å²) in [6, 6.07) is 17.7. The number of carbonyl (C=O) groups excluding carboxylic acids is 1. The van der Waals surface area contributed by atoms with Crippen molar-refractivity contribution in [2.24, 2.45) is 0 Å². The molecule has 0 bridgehead atoms. The van der Waals surface area contributed by atoms with E-state index in [1.807, 2.05) is 48.5 Å². The summed E-state index contributed by atoms with van der Waals surface area (Å²) in [6.07, 6.45) is 4.43. The maximum absolute atomic E-state index is 12.7. The monoisotopic (exact) mass is 448 g/mol. The number of hydrogen-bond acceptors (Lipinski definition) is 5. The quantitative estimate of drug-likeness (QED) is 0.369. The number of phenols is 1. The molecule has 1 N–H and O–H groups in total. The number of ether oxygens (including phenoxy) is 3. The van der Waals surface area contributed by atoms with Crippen molar-refractivity contribution in [1.82, 2.24) is 0 Å². The fourth-order valence-electron chi connectivity index (χ4n) is 3.38. The minimum absolute atomic E-state index is 0.145. The summed E-state index contributed by atoms with van der Waals surface area (Å²) in [7, 11) is 3.20. The second kappa shape index (κ2) is 9.20. The Morgan fingerprint density at radius 2 is 1.62 bits per heavy atom. The Bertz CT molecular complexity index is 1190. The number of benzene rings is 3. The third-order valence-corrected chi connectivity index (χ3v) is 5.49. The normalized spacial score (nSPS) is 15.0. The van der Waals surface area contributed by atoms with Crippen LogP contribution >= 0.6 is 11.6 Å². The van der Waals surface area contributed by atoms with Gasteiger partial charge >= 0.3 is 0 Å². The highest BCUT2D eigenvalue weighted by Gasteiger charge is 2.24. The summed E-state index contributed by atoms with van der Waals surface area (Å²) in [5.41, 5.74) is 2.42. The fourth-order valence-corrected chi connectivity index (χ4v) is 3.64. The van der Waals surface area contributed by atoms with Crippen molar-refractivity contribution in [2.45, 2.75) is 6.10 Å². The molecule has 0 spiro atoms. The van der Waals surface area contributed by atoms with Crippen molar-refractivity contribution < 1.29 is 24.1 Å². The summed E-state index contributed by atoms with van der Waals surface area (Å²) >= 11 is 6.51. The van der Waals surface area contributed by atoms with E-state index in [1.165, 1.54) is 12.1 Å². The molecule has 1 atom stereocenters. The summed E-state index contributed by atoms with van der Waals surface area (Å²) < 4.78 is 16.3. The molecule has 1 heterocycles. The summed E-state index contributed by atoms with van der Waals surface area (Å²) in [5, 5.41) is 10.9. The van der Waals surface area contributed by atoms with Crippen LogP contribution in [0.2, 0.25) is 0 Å². The van der Waals surface area contributed by atoms with Crippen LogP contribution in [0.15, 0.2) is 72.8 Å². The van der Waals surface area contributed by atoms with E-state index in [4.69, 9.17) is 25.8 Å². The van der Waals surface area contributed by atoms with Crippen LogP contribution in [0, 0.1) is 0 Å². The summed E-state index contributed by atoms with van der Waals surface area (Å²) in [4.78, 5) is 12.7. The Morgan fingerprint density at radius 1 is 1.00 bits per heavy atom. The van der Waals surface area contributed by atoms with Gasteiger partial charge in [-0.25, -0.2) is 0 Å². The van der Waals surface area contributed by atoms with Gasteiger partial charge in [-0.2, -0.15) is 0 Å². The van der Waals surface area contributed by atoms with E-state index < -0.39 is 6.10 Å². The van der Waals surface area contributed by atoms with Crippen molar-refractivity contribution in [1.29, 1.82) is 0 Å². The van der Waals surface area contributed by atoms with E-state index in [1.54, 1.807) is 32.4 Å². The van der Waals surface area contributed by atoms with Crippen molar-refractivity contribution in [3.8, 4) is 23.0 Å². The zero-order valence-corrected chi connectivity index (χ0v) is 18.3. The van der Waals surface area contributed by atoms with Gasteiger partial charge in [-0.05, 0) is 53.6 Å². The lowest BCUT2D eigenvalue weighted by molar-refractivity contribution is 0.104. The number of allylic oxidation sites excluding steroid dienone is 1. The minimum atomic E-state index is -0.420. The molecular weight excluding hydrogens is 428 g/mol. The molecule has 32 heavy (non-hydrogen) atoms. The number of methoxy groups -OCH3 is 2. The number of phenolic OH excluding ortho intramolecular Hbond substituents is 1. The van der Waals surface area contributed by atoms with E-state index in [2.05, 4.69) is 0 Å². The Hall–Kier alpha value is -3.70. The first kappa shape index (κ1) is 21.5. The Balaban J connectivity index is 1.57. The van der Waals surface area contributed by atoms with Gasteiger partial charge in [0.2, 0.25) is 0 Å². The minimum Gasteiger partial charge on any atom is -0.507 e. The highest BCUT2D eigenvalue weighted by molar-refractivity contribution is 6.49. The van der Waals surface area contributed by atoms with Crippen molar-refractivity contribution in [3.63, 3.8) is 0 Å². The highest BCUT2D eigenvalue weighted by atomic mass is 35.5. The molecule has 3 aromatic carbocycles. The third kappa shape index (κ3) is 4.48. The number of rotatable bonds is 6. The molecule has 162 valence electrons. The molecule has 0 amide bonds. The van der Waals surface area contributed by atoms with E-state index >= 15 is 0 Å². The number of halogens is 1. The van der Waals surface area contributed by atoms with Crippen LogP contribution in [0.1, 0.15) is 33.2 Å². The largest absolute Gasteiger partial charge is 0.507 e. The molecule has 0 saturated carbocycles. The maximum Gasteiger partial charge on any atom is 0.189 e. The third-order valence-electron chi connectivity index (χ3n) is 5.16. The molecule has 4 rings (SSSR count). The van der Waals surface area contributed by atoms with Crippen LogP contribution in [0.4, 0.5) is 0 Å². The van der Waals surface area contributed by atoms with Crippen LogP contribution in [0.3, 0.4) is 0 Å². The highest BCUT2D eigenvalue weighted by Crippen LogP contribution is 2.42. The second-order valence-corrected chi connectivity index (χ2v) is 7.57. The molecule has 0 saturated heterocycles. The number of ketones is 1. The topological polar surface area (TPSA) is 65.0 Å². The lowest BCUT2D eigenvalue weighted by atomic mass is 9.99. The van der Waals surface area contributed by atoms with Crippen LogP contribution in [0.5, 0.6) is 23.0 Å². The summed E-state index contributed by atoms with van der Waals surface area (Å²) in [5.74, 6) is 1.36. The van der Waals surface area contributed by atoms with Crippen LogP contribution in [-0.2, 0) is 0 Å². The number of fused-ring (bicyclic) bond motifs is 1. The molecule has 5 nitrogen and oxygen atoms in total. The molecule has 1 aliphatic rings. The Morgan fingerprint density at radius 3 is 2.25 bits per heavy atom. The molecule has 1 unspecified atom stereocenters. The van der Waals surface area contributed by atoms with E-state index in [-0.39, 0.29) is 17.1 Å². The van der Waals surface area contributed by atoms with Crippen molar-refractivity contribution in [2.75, 3.05) is 14.2 Å². The molecule has 1 aliphatic heterocycles. The van der Waals surface area contributed by atoms with Crippen LogP contribution in [-0.4, -0.2) is 25.1 Å². The molecular formula is C26H21ClO5. The lowest BCUT2D eigenvalue weighted by Gasteiger charge is -2.24. The Kier molecular flexibility index (Phi) is 6.19. The smallest absolute Gasteiger partial charge is 0.189 e. The molecule has 6 heteroatoms. The van der Waals surface area contributed by atoms with Crippen LogP contribution in [0.25, 0.3) is 11.1 Å². The number of hydrogen-bond donors (Lipinski definition) is 1. The molecule has 3 aromatic rings. The zero-order chi connectivity index (χ0) is 22.7. The zero-order valence-electron chi connectivity index (χ0n) is 17.5. The maximum atomic E-state index is 12.7. The average molecular weight is 449 g/mol. The Labute approximate surface area is 191 Å². The first-order chi connectivity index (χ1) is 15.5. The van der Waals surface area contributed by atoms with Gasteiger partial charge < -0.3 is 19.3 Å².